The number of aliphatic hydroxyl groups excluding tert-OH is 1. The van der Waals surface area contributed by atoms with Gasteiger partial charge < -0.3 is 9.67 Å². The van der Waals surface area contributed by atoms with Gasteiger partial charge in [0.1, 0.15) is 0 Å². The minimum atomic E-state index is 0.140. The third kappa shape index (κ3) is 1.63. The number of pyridine rings is 1. The van der Waals surface area contributed by atoms with Gasteiger partial charge in [0.25, 0.3) is 0 Å². The average Bonchev–Trinajstić information content (AvgIpc) is 2.88. The second-order valence-electron chi connectivity index (χ2n) is 5.79. The van der Waals surface area contributed by atoms with Crippen molar-refractivity contribution < 1.29 is 5.11 Å². The highest BCUT2D eigenvalue weighted by atomic mass is 16.3. The Morgan fingerprint density at radius 1 is 1.00 bits per heavy atom. The lowest BCUT2D eigenvalue weighted by Crippen LogP contribution is -2.03. The van der Waals surface area contributed by atoms with Gasteiger partial charge in [-0.1, -0.05) is 18.2 Å². The number of para-hydroxylation sites is 1. The zero-order valence-corrected chi connectivity index (χ0v) is 12.8. The Bertz CT molecular complexity index is 1010. The van der Waals surface area contributed by atoms with E-state index in [0.29, 0.717) is 6.54 Å². The van der Waals surface area contributed by atoms with E-state index in [9.17, 15) is 5.11 Å². The summed E-state index contributed by atoms with van der Waals surface area (Å²) in [5.74, 6) is 0. The minimum Gasteiger partial charge on any atom is -0.395 e. The summed E-state index contributed by atoms with van der Waals surface area (Å²) in [6, 6.07) is 10.5. The summed E-state index contributed by atoms with van der Waals surface area (Å²) >= 11 is 0. The maximum Gasteiger partial charge on any atom is 0.0610 e. The van der Waals surface area contributed by atoms with Crippen molar-refractivity contribution in [3.63, 3.8) is 0 Å². The highest BCUT2D eigenvalue weighted by molar-refractivity contribution is 6.16. The molecule has 0 saturated heterocycles. The van der Waals surface area contributed by atoms with Gasteiger partial charge in [0.15, 0.2) is 0 Å². The van der Waals surface area contributed by atoms with Gasteiger partial charge in [-0.15, -0.1) is 0 Å². The predicted molar refractivity (Wildman–Crippen MR) is 91.3 cm³/mol. The molecule has 0 spiro atoms. The Balaban J connectivity index is 2.35. The fourth-order valence-electron chi connectivity index (χ4n) is 3.69. The summed E-state index contributed by atoms with van der Waals surface area (Å²) in [4.78, 5) is 4.30. The van der Waals surface area contributed by atoms with Crippen molar-refractivity contribution in [1.82, 2.24) is 9.55 Å². The molecule has 0 aliphatic heterocycles. The smallest absolute Gasteiger partial charge is 0.0610 e. The maximum absolute atomic E-state index is 9.50. The van der Waals surface area contributed by atoms with Crippen LogP contribution in [-0.2, 0) is 6.54 Å². The minimum absolute atomic E-state index is 0.140. The molecular weight excluding hydrogens is 272 g/mol. The molecule has 0 bridgehead atoms. The van der Waals surface area contributed by atoms with Crippen molar-refractivity contribution >= 4 is 32.6 Å². The normalized spacial score (nSPS) is 11.8. The van der Waals surface area contributed by atoms with Crippen LogP contribution < -0.4 is 0 Å². The highest BCUT2D eigenvalue weighted by Gasteiger charge is 2.17. The van der Waals surface area contributed by atoms with Crippen molar-refractivity contribution in [2.75, 3.05) is 6.61 Å². The molecule has 0 saturated carbocycles. The van der Waals surface area contributed by atoms with E-state index in [1.54, 1.807) is 0 Å². The number of nitrogens with zero attached hydrogens (tertiary/aromatic N) is 2. The first kappa shape index (κ1) is 13.3. The summed E-state index contributed by atoms with van der Waals surface area (Å²) < 4.78 is 2.24. The Morgan fingerprint density at radius 3 is 2.64 bits per heavy atom. The molecule has 4 rings (SSSR count). The second kappa shape index (κ2) is 4.82. The van der Waals surface area contributed by atoms with E-state index < -0.39 is 0 Å². The van der Waals surface area contributed by atoms with E-state index in [1.807, 2.05) is 12.4 Å². The van der Waals surface area contributed by atoms with Crippen molar-refractivity contribution in [2.24, 2.45) is 0 Å². The molecule has 0 radical (unpaired) electrons. The number of fused-ring (bicyclic) bond motifs is 4. The third-order valence-electron chi connectivity index (χ3n) is 4.65. The molecule has 2 aromatic carbocycles. The molecule has 0 amide bonds. The van der Waals surface area contributed by atoms with Crippen LogP contribution in [0.3, 0.4) is 0 Å². The van der Waals surface area contributed by atoms with Crippen LogP contribution in [0.25, 0.3) is 32.6 Å². The lowest BCUT2D eigenvalue weighted by Gasteiger charge is -2.12. The molecule has 0 atom stereocenters. The van der Waals surface area contributed by atoms with Crippen molar-refractivity contribution in [2.45, 2.75) is 20.4 Å². The van der Waals surface area contributed by atoms with Crippen LogP contribution in [0.2, 0.25) is 0 Å². The molecular formula is C19H18N2O. The fourth-order valence-corrected chi connectivity index (χ4v) is 3.69. The summed E-state index contributed by atoms with van der Waals surface area (Å²) in [6.45, 7) is 5.08. The molecule has 0 aliphatic rings. The van der Waals surface area contributed by atoms with E-state index >= 15 is 0 Å². The lowest BCUT2D eigenvalue weighted by molar-refractivity contribution is 0.280. The number of hydrogen-bond donors (Lipinski definition) is 1. The van der Waals surface area contributed by atoms with Gasteiger partial charge in [-0.2, -0.15) is 0 Å². The van der Waals surface area contributed by atoms with Crippen LogP contribution >= 0.6 is 0 Å². The summed E-state index contributed by atoms with van der Waals surface area (Å²) in [7, 11) is 0. The van der Waals surface area contributed by atoms with Crippen LogP contribution in [0.1, 0.15) is 11.1 Å². The monoisotopic (exact) mass is 290 g/mol. The Labute approximate surface area is 128 Å². The molecule has 3 nitrogen and oxygen atoms in total. The highest BCUT2D eigenvalue weighted by Crippen LogP contribution is 2.38. The zero-order valence-electron chi connectivity index (χ0n) is 12.8. The largest absolute Gasteiger partial charge is 0.395 e. The first-order valence-electron chi connectivity index (χ1n) is 7.58. The summed E-state index contributed by atoms with van der Waals surface area (Å²) in [5.41, 5.74) is 4.92. The molecule has 3 heteroatoms. The van der Waals surface area contributed by atoms with Crippen LogP contribution in [0.5, 0.6) is 0 Å². The second-order valence-corrected chi connectivity index (χ2v) is 5.79. The molecule has 2 aromatic heterocycles. The van der Waals surface area contributed by atoms with E-state index in [2.05, 4.69) is 53.7 Å². The molecule has 0 aliphatic carbocycles. The average molecular weight is 290 g/mol. The van der Waals surface area contributed by atoms with Gasteiger partial charge in [0, 0.05) is 40.6 Å². The van der Waals surface area contributed by atoms with Crippen LogP contribution in [0.15, 0.2) is 42.7 Å². The van der Waals surface area contributed by atoms with Crippen molar-refractivity contribution in [3.8, 4) is 0 Å². The molecule has 2 heterocycles. The van der Waals surface area contributed by atoms with Gasteiger partial charge in [-0.3, -0.25) is 4.98 Å². The quantitative estimate of drug-likeness (QED) is 0.607. The van der Waals surface area contributed by atoms with Gasteiger partial charge in [-0.05, 0) is 42.5 Å². The lowest BCUT2D eigenvalue weighted by atomic mass is 9.97. The zero-order chi connectivity index (χ0) is 15.3. The first-order valence-corrected chi connectivity index (χ1v) is 7.58. The topological polar surface area (TPSA) is 38.0 Å². The van der Waals surface area contributed by atoms with E-state index in [0.717, 1.165) is 0 Å². The number of aromatic nitrogens is 2. The molecule has 1 N–H and O–H groups in total. The number of aryl methyl sites for hydroxylation is 2. The molecule has 22 heavy (non-hydrogen) atoms. The van der Waals surface area contributed by atoms with Crippen LogP contribution in [0.4, 0.5) is 0 Å². The van der Waals surface area contributed by atoms with Crippen molar-refractivity contribution in [1.29, 1.82) is 0 Å². The van der Waals surface area contributed by atoms with E-state index in [4.69, 9.17) is 0 Å². The fraction of sp³-hybridized carbons (Fsp3) is 0.211. The standard InChI is InChI=1S/C19H18N2O/c1-12-16-11-20-8-7-14(16)13(2)19-18(12)15-5-3-4-6-17(15)21(19)9-10-22/h3-8,11,22H,9-10H2,1-2H3. The maximum atomic E-state index is 9.50. The molecule has 0 unspecified atom stereocenters. The Kier molecular flexibility index (Phi) is 2.91. The first-order chi connectivity index (χ1) is 10.7. The summed E-state index contributed by atoms with van der Waals surface area (Å²) in [5, 5.41) is 14.5. The number of hydrogen-bond acceptors (Lipinski definition) is 2. The molecule has 0 fully saturated rings. The van der Waals surface area contributed by atoms with E-state index in [1.165, 1.54) is 43.7 Å². The predicted octanol–water partition coefficient (Wildman–Crippen LogP) is 3.95. The third-order valence-corrected chi connectivity index (χ3v) is 4.65. The Hall–Kier alpha value is -2.39. The van der Waals surface area contributed by atoms with Gasteiger partial charge in [-0.25, -0.2) is 0 Å². The van der Waals surface area contributed by atoms with E-state index in [-0.39, 0.29) is 6.61 Å². The number of benzene rings is 2. The molecule has 4 aromatic rings. The summed E-state index contributed by atoms with van der Waals surface area (Å²) in [6.07, 6.45) is 3.80. The Morgan fingerprint density at radius 2 is 1.82 bits per heavy atom. The number of aliphatic hydroxyl groups is 1. The van der Waals surface area contributed by atoms with Crippen LogP contribution in [0, 0.1) is 13.8 Å². The van der Waals surface area contributed by atoms with Gasteiger partial charge in [0.2, 0.25) is 0 Å². The SMILES string of the molecule is Cc1c2cnccc2c(C)c2c1c1ccccc1n2CCO. The van der Waals surface area contributed by atoms with Crippen molar-refractivity contribution in [3.05, 3.63) is 53.9 Å². The van der Waals surface area contributed by atoms with Gasteiger partial charge in [0.05, 0.1) is 12.1 Å². The number of rotatable bonds is 2. The van der Waals surface area contributed by atoms with Crippen LogP contribution in [-0.4, -0.2) is 21.3 Å². The van der Waals surface area contributed by atoms with Gasteiger partial charge >= 0.3 is 0 Å². The molecule has 110 valence electrons.